The van der Waals surface area contributed by atoms with Gasteiger partial charge in [0, 0.05) is 24.1 Å². The summed E-state index contributed by atoms with van der Waals surface area (Å²) in [5.41, 5.74) is 1.01. The Balaban J connectivity index is 1.92. The molecule has 8 heteroatoms. The number of methoxy groups -OCH3 is 1. The molecule has 7 nitrogen and oxygen atoms in total. The minimum absolute atomic E-state index is 0.0856. The summed E-state index contributed by atoms with van der Waals surface area (Å²) in [5, 5.41) is 7.77. The van der Waals surface area contributed by atoms with Crippen LogP contribution in [0.4, 0.5) is 5.69 Å². The van der Waals surface area contributed by atoms with Crippen LogP contribution < -0.4 is 16.0 Å². The van der Waals surface area contributed by atoms with Crippen LogP contribution in [-0.2, 0) is 14.3 Å². The Hall–Kier alpha value is -2.06. The Morgan fingerprint density at radius 1 is 1.35 bits per heavy atom. The van der Waals surface area contributed by atoms with Gasteiger partial charge in [0.15, 0.2) is 0 Å². The second kappa shape index (κ2) is 7.98. The van der Waals surface area contributed by atoms with E-state index in [9.17, 15) is 14.4 Å². The van der Waals surface area contributed by atoms with Gasteiger partial charge in [-0.3, -0.25) is 14.4 Å². The quantitative estimate of drug-likeness (QED) is 0.661. The van der Waals surface area contributed by atoms with Crippen LogP contribution in [0.15, 0.2) is 23.1 Å². The topological polar surface area (TPSA) is 96.5 Å². The van der Waals surface area contributed by atoms with Crippen LogP contribution in [-0.4, -0.2) is 49.8 Å². The maximum atomic E-state index is 12.1. The molecule has 0 bridgehead atoms. The molecule has 0 aliphatic carbocycles. The molecule has 1 heterocycles. The van der Waals surface area contributed by atoms with Gasteiger partial charge in [-0.05, 0) is 25.1 Å². The van der Waals surface area contributed by atoms with Crippen molar-refractivity contribution in [2.24, 2.45) is 0 Å². The van der Waals surface area contributed by atoms with Gasteiger partial charge in [-0.25, -0.2) is 0 Å². The molecule has 0 radical (unpaired) electrons. The van der Waals surface area contributed by atoms with Crippen molar-refractivity contribution < 1.29 is 19.1 Å². The van der Waals surface area contributed by atoms with Gasteiger partial charge in [-0.2, -0.15) is 0 Å². The molecule has 3 amide bonds. The highest BCUT2D eigenvalue weighted by Crippen LogP contribution is 2.35. The highest BCUT2D eigenvalue weighted by molar-refractivity contribution is 8.00. The van der Waals surface area contributed by atoms with E-state index in [1.807, 2.05) is 6.92 Å². The van der Waals surface area contributed by atoms with E-state index in [0.717, 1.165) is 4.90 Å². The van der Waals surface area contributed by atoms with Crippen molar-refractivity contribution in [3.8, 4) is 0 Å². The smallest absolute Gasteiger partial charge is 0.251 e. The maximum absolute atomic E-state index is 12.1. The van der Waals surface area contributed by atoms with E-state index in [4.69, 9.17) is 4.74 Å². The van der Waals surface area contributed by atoms with Gasteiger partial charge in [-0.15, -0.1) is 11.8 Å². The number of carbonyl (C=O) groups is 3. The van der Waals surface area contributed by atoms with Crippen LogP contribution in [0.25, 0.3) is 0 Å². The van der Waals surface area contributed by atoms with Crippen molar-refractivity contribution in [2.75, 3.05) is 32.1 Å². The van der Waals surface area contributed by atoms with E-state index < -0.39 is 0 Å². The Morgan fingerprint density at radius 2 is 2.13 bits per heavy atom. The summed E-state index contributed by atoms with van der Waals surface area (Å²) in [7, 11) is 1.54. The van der Waals surface area contributed by atoms with Gasteiger partial charge < -0.3 is 20.7 Å². The van der Waals surface area contributed by atoms with Crippen LogP contribution in [0.3, 0.4) is 0 Å². The molecular weight excluding hydrogens is 318 g/mol. The first-order valence-corrected chi connectivity index (χ1v) is 8.04. The first-order valence-electron chi connectivity index (χ1n) is 7.16. The fraction of sp³-hybridized carbons (Fsp3) is 0.400. The number of anilines is 1. The number of rotatable bonds is 6. The second-order valence-corrected chi connectivity index (χ2v) is 6.37. The van der Waals surface area contributed by atoms with Crippen LogP contribution in [0.2, 0.25) is 0 Å². The Labute approximate surface area is 138 Å². The number of ether oxygens (including phenoxy) is 1. The standard InChI is InChI=1S/C15H19N3O4S/c1-9-14(20)18-11-7-10(3-4-12(11)23-9)15(21)17-8-13(19)16-5-6-22-2/h3-4,7,9H,5-6,8H2,1-2H3,(H,16,19)(H,17,21)(H,18,20)/t9-/m0/s1. The third-order valence-corrected chi connectivity index (χ3v) is 4.39. The first kappa shape index (κ1) is 17.3. The SMILES string of the molecule is COCCNC(=O)CNC(=O)c1ccc2c(c1)NC(=O)[C@H](C)S2. The second-order valence-electron chi connectivity index (χ2n) is 4.99. The van der Waals surface area contributed by atoms with Gasteiger partial charge in [0.1, 0.15) is 0 Å². The Bertz CT molecular complexity index is 621. The molecule has 0 unspecified atom stereocenters. The van der Waals surface area contributed by atoms with Crippen molar-refractivity contribution in [1.82, 2.24) is 10.6 Å². The van der Waals surface area contributed by atoms with Gasteiger partial charge in [-0.1, -0.05) is 0 Å². The van der Waals surface area contributed by atoms with E-state index in [1.54, 1.807) is 25.3 Å². The predicted octanol–water partition coefficient (Wildman–Crippen LogP) is 0.612. The Kier molecular flexibility index (Phi) is 6.00. The van der Waals surface area contributed by atoms with Gasteiger partial charge in [0.25, 0.3) is 5.91 Å². The zero-order chi connectivity index (χ0) is 16.8. The first-order chi connectivity index (χ1) is 11.0. The third-order valence-electron chi connectivity index (χ3n) is 3.21. The van der Waals surface area contributed by atoms with E-state index in [2.05, 4.69) is 16.0 Å². The molecule has 1 aliphatic heterocycles. The highest BCUT2D eigenvalue weighted by Gasteiger charge is 2.23. The van der Waals surface area contributed by atoms with Crippen molar-refractivity contribution in [1.29, 1.82) is 0 Å². The lowest BCUT2D eigenvalue weighted by Crippen LogP contribution is -2.38. The van der Waals surface area contributed by atoms with Gasteiger partial charge in [0.05, 0.1) is 24.1 Å². The number of fused-ring (bicyclic) bond motifs is 1. The molecular formula is C15H19N3O4S. The summed E-state index contributed by atoms with van der Waals surface area (Å²) >= 11 is 1.45. The van der Waals surface area contributed by atoms with Crippen LogP contribution in [0.1, 0.15) is 17.3 Å². The molecule has 2 rings (SSSR count). The van der Waals surface area contributed by atoms with Crippen molar-refractivity contribution in [2.45, 2.75) is 17.1 Å². The van der Waals surface area contributed by atoms with E-state index >= 15 is 0 Å². The molecule has 124 valence electrons. The lowest BCUT2D eigenvalue weighted by Gasteiger charge is -2.21. The zero-order valence-corrected chi connectivity index (χ0v) is 13.8. The van der Waals surface area contributed by atoms with Crippen LogP contribution >= 0.6 is 11.8 Å². The molecule has 1 atom stereocenters. The molecule has 1 aliphatic rings. The lowest BCUT2D eigenvalue weighted by atomic mass is 10.1. The zero-order valence-electron chi connectivity index (χ0n) is 13.0. The molecule has 1 aromatic rings. The fourth-order valence-corrected chi connectivity index (χ4v) is 2.90. The molecule has 23 heavy (non-hydrogen) atoms. The average Bonchev–Trinajstić information content (AvgIpc) is 2.53. The molecule has 0 spiro atoms. The Morgan fingerprint density at radius 3 is 2.87 bits per heavy atom. The fourth-order valence-electron chi connectivity index (χ4n) is 1.97. The van der Waals surface area contributed by atoms with Crippen molar-refractivity contribution >= 4 is 35.2 Å². The number of thioether (sulfide) groups is 1. The van der Waals surface area contributed by atoms with E-state index in [0.29, 0.717) is 24.4 Å². The maximum Gasteiger partial charge on any atom is 0.251 e. The molecule has 3 N–H and O–H groups in total. The minimum atomic E-state index is -0.368. The summed E-state index contributed by atoms with van der Waals surface area (Å²) in [6.45, 7) is 2.52. The monoisotopic (exact) mass is 337 g/mol. The summed E-state index contributed by atoms with van der Waals surface area (Å²) in [5.74, 6) is -0.740. The van der Waals surface area contributed by atoms with Gasteiger partial charge in [0.2, 0.25) is 11.8 Å². The molecule has 1 aromatic carbocycles. The molecule has 0 aromatic heterocycles. The minimum Gasteiger partial charge on any atom is -0.383 e. The average molecular weight is 337 g/mol. The number of carbonyl (C=O) groups excluding carboxylic acids is 3. The summed E-state index contributed by atoms with van der Waals surface area (Å²) in [6, 6.07) is 5.09. The number of amides is 3. The number of benzene rings is 1. The summed E-state index contributed by atoms with van der Waals surface area (Å²) in [6.07, 6.45) is 0. The molecule has 0 saturated heterocycles. The third kappa shape index (κ3) is 4.70. The number of hydrogen-bond acceptors (Lipinski definition) is 5. The summed E-state index contributed by atoms with van der Waals surface area (Å²) in [4.78, 5) is 36.2. The number of nitrogens with one attached hydrogen (secondary N) is 3. The van der Waals surface area contributed by atoms with Crippen molar-refractivity contribution in [3.63, 3.8) is 0 Å². The molecule has 0 fully saturated rings. The lowest BCUT2D eigenvalue weighted by molar-refractivity contribution is -0.120. The van der Waals surface area contributed by atoms with E-state index in [-0.39, 0.29) is 29.5 Å². The van der Waals surface area contributed by atoms with Crippen molar-refractivity contribution in [3.05, 3.63) is 23.8 Å². The van der Waals surface area contributed by atoms with Crippen LogP contribution in [0, 0.1) is 0 Å². The number of hydrogen-bond donors (Lipinski definition) is 3. The summed E-state index contributed by atoms with van der Waals surface area (Å²) < 4.78 is 4.82. The highest BCUT2D eigenvalue weighted by atomic mass is 32.2. The molecule has 0 saturated carbocycles. The van der Waals surface area contributed by atoms with Gasteiger partial charge >= 0.3 is 0 Å². The van der Waals surface area contributed by atoms with Crippen LogP contribution in [0.5, 0.6) is 0 Å². The predicted molar refractivity (Wildman–Crippen MR) is 87.6 cm³/mol. The van der Waals surface area contributed by atoms with E-state index in [1.165, 1.54) is 11.8 Å². The largest absolute Gasteiger partial charge is 0.383 e. The normalized spacial score (nSPS) is 16.3.